The van der Waals surface area contributed by atoms with E-state index in [4.69, 9.17) is 26.2 Å². The molecule has 0 bridgehead atoms. The third-order valence-electron chi connectivity index (χ3n) is 2.90. The van der Waals surface area contributed by atoms with Crippen molar-refractivity contribution in [2.75, 3.05) is 20.8 Å². The molecule has 102 valence electrons. The van der Waals surface area contributed by atoms with Gasteiger partial charge in [-0.2, -0.15) is 0 Å². The molecule has 0 aliphatic heterocycles. The zero-order chi connectivity index (χ0) is 14.0. The van der Waals surface area contributed by atoms with Crippen molar-refractivity contribution in [2.24, 2.45) is 0 Å². The lowest BCUT2D eigenvalue weighted by atomic mass is 10.1. The van der Waals surface area contributed by atoms with Gasteiger partial charge in [-0.1, -0.05) is 11.6 Å². The fraction of sp³-hybridized carbons (Fsp3) is 0.308. The minimum atomic E-state index is -0.439. The molecule has 5 nitrogen and oxygen atoms in total. The van der Waals surface area contributed by atoms with E-state index in [0.29, 0.717) is 28.3 Å². The molecule has 1 aromatic heterocycles. The lowest BCUT2D eigenvalue weighted by molar-refractivity contribution is 0.0602. The highest BCUT2D eigenvalue weighted by Crippen LogP contribution is 2.33. The number of fused-ring (bicyclic) bond motifs is 1. The third kappa shape index (κ3) is 2.39. The molecule has 1 N–H and O–H groups in total. The molecule has 19 heavy (non-hydrogen) atoms. The molecular formula is C13H14ClNO4. The molecule has 0 amide bonds. The van der Waals surface area contributed by atoms with Crippen molar-refractivity contribution in [1.29, 1.82) is 0 Å². The van der Waals surface area contributed by atoms with Gasteiger partial charge in [-0.05, 0) is 12.1 Å². The molecule has 6 heteroatoms. The average Bonchev–Trinajstić information content (AvgIpc) is 2.75. The summed E-state index contributed by atoms with van der Waals surface area (Å²) in [5.74, 6) is 0.0483. The number of esters is 1. The first-order valence-corrected chi connectivity index (χ1v) is 6.05. The molecule has 2 rings (SSSR count). The summed E-state index contributed by atoms with van der Waals surface area (Å²) in [4.78, 5) is 11.8. The van der Waals surface area contributed by atoms with E-state index in [-0.39, 0.29) is 6.61 Å². The van der Waals surface area contributed by atoms with Crippen LogP contribution in [-0.4, -0.2) is 36.5 Å². The van der Waals surface area contributed by atoms with Crippen LogP contribution >= 0.6 is 11.6 Å². The standard InChI is InChI=1S/C13H14ClNO4/c1-18-12-5-8-9(13(17)19-2)7-15(3-4-16)11(8)6-10(12)14/h5-7,16H,3-4H2,1-2H3. The second-order valence-electron chi connectivity index (χ2n) is 3.96. The number of halogens is 1. The number of carbonyl (C=O) groups excluding carboxylic acids is 1. The number of rotatable bonds is 4. The highest BCUT2D eigenvalue weighted by molar-refractivity contribution is 6.33. The quantitative estimate of drug-likeness (QED) is 0.873. The minimum Gasteiger partial charge on any atom is -0.495 e. The van der Waals surface area contributed by atoms with Gasteiger partial charge < -0.3 is 19.1 Å². The number of nitrogens with zero attached hydrogens (tertiary/aromatic N) is 1. The Balaban J connectivity index is 2.71. The van der Waals surface area contributed by atoms with Crippen LogP contribution in [0.5, 0.6) is 5.75 Å². The van der Waals surface area contributed by atoms with Crippen LogP contribution < -0.4 is 4.74 Å². The van der Waals surface area contributed by atoms with Gasteiger partial charge >= 0.3 is 5.97 Å². The second-order valence-corrected chi connectivity index (χ2v) is 4.36. The van der Waals surface area contributed by atoms with Crippen LogP contribution in [0.1, 0.15) is 10.4 Å². The van der Waals surface area contributed by atoms with Crippen LogP contribution in [0.3, 0.4) is 0 Å². The normalized spacial score (nSPS) is 10.7. The number of aliphatic hydroxyl groups excluding tert-OH is 1. The van der Waals surface area contributed by atoms with E-state index < -0.39 is 5.97 Å². The summed E-state index contributed by atoms with van der Waals surface area (Å²) in [6.07, 6.45) is 1.64. The fourth-order valence-corrected chi connectivity index (χ4v) is 2.25. The number of aromatic nitrogens is 1. The van der Waals surface area contributed by atoms with E-state index in [2.05, 4.69) is 0 Å². The summed E-state index contributed by atoms with van der Waals surface area (Å²) in [6, 6.07) is 3.40. The molecule has 0 saturated carbocycles. The summed E-state index contributed by atoms with van der Waals surface area (Å²) in [5.41, 5.74) is 1.17. The van der Waals surface area contributed by atoms with Crippen LogP contribution in [0, 0.1) is 0 Å². The number of benzene rings is 1. The van der Waals surface area contributed by atoms with Gasteiger partial charge in [0.1, 0.15) is 5.75 Å². The maximum atomic E-state index is 11.8. The molecule has 0 atom stereocenters. The smallest absolute Gasteiger partial charge is 0.340 e. The molecule has 0 saturated heterocycles. The van der Waals surface area contributed by atoms with Crippen molar-refractivity contribution < 1.29 is 19.4 Å². The van der Waals surface area contributed by atoms with E-state index in [9.17, 15) is 4.79 Å². The second kappa shape index (κ2) is 5.50. The predicted octanol–water partition coefficient (Wildman–Crippen LogP) is 2.08. The molecule has 1 aromatic carbocycles. The summed E-state index contributed by atoms with van der Waals surface area (Å²) < 4.78 is 11.7. The largest absolute Gasteiger partial charge is 0.495 e. The van der Waals surface area contributed by atoms with Gasteiger partial charge in [0.15, 0.2) is 0 Å². The molecule has 0 radical (unpaired) electrons. The topological polar surface area (TPSA) is 60.7 Å². The van der Waals surface area contributed by atoms with Crippen LogP contribution in [-0.2, 0) is 11.3 Å². The van der Waals surface area contributed by atoms with Crippen LogP contribution in [0.25, 0.3) is 10.9 Å². The molecule has 2 aromatic rings. The third-order valence-corrected chi connectivity index (χ3v) is 3.20. The van der Waals surface area contributed by atoms with E-state index in [1.165, 1.54) is 14.2 Å². The molecule has 0 fully saturated rings. The van der Waals surface area contributed by atoms with Gasteiger partial charge in [0.05, 0.1) is 36.9 Å². The molecule has 0 aliphatic rings. The van der Waals surface area contributed by atoms with Crippen molar-refractivity contribution in [3.63, 3.8) is 0 Å². The Morgan fingerprint density at radius 1 is 1.42 bits per heavy atom. The van der Waals surface area contributed by atoms with Crippen LogP contribution in [0.2, 0.25) is 5.02 Å². The van der Waals surface area contributed by atoms with Crippen molar-refractivity contribution >= 4 is 28.5 Å². The zero-order valence-corrected chi connectivity index (χ0v) is 11.4. The molecule has 1 heterocycles. The summed E-state index contributed by atoms with van der Waals surface area (Å²) in [6.45, 7) is 0.337. The number of methoxy groups -OCH3 is 2. The van der Waals surface area contributed by atoms with E-state index in [0.717, 1.165) is 5.52 Å². The number of hydrogen-bond acceptors (Lipinski definition) is 4. The molecular weight excluding hydrogens is 270 g/mol. The Bertz CT molecular complexity index is 621. The first kappa shape index (κ1) is 13.7. The van der Waals surface area contributed by atoms with Gasteiger partial charge in [0, 0.05) is 18.1 Å². The number of hydrogen-bond donors (Lipinski definition) is 1. The highest BCUT2D eigenvalue weighted by atomic mass is 35.5. The first-order chi connectivity index (χ1) is 9.12. The number of aliphatic hydroxyl groups is 1. The van der Waals surface area contributed by atoms with Gasteiger partial charge in [0.25, 0.3) is 0 Å². The van der Waals surface area contributed by atoms with Gasteiger partial charge in [0.2, 0.25) is 0 Å². The average molecular weight is 284 g/mol. The van der Waals surface area contributed by atoms with Crippen molar-refractivity contribution in [3.8, 4) is 5.75 Å². The van der Waals surface area contributed by atoms with Gasteiger partial charge in [-0.3, -0.25) is 0 Å². The number of ether oxygens (including phenoxy) is 2. The lowest BCUT2D eigenvalue weighted by Gasteiger charge is -2.06. The Labute approximate surface area is 115 Å². The number of carbonyl (C=O) groups is 1. The molecule has 0 spiro atoms. The first-order valence-electron chi connectivity index (χ1n) is 5.68. The molecule has 0 unspecified atom stereocenters. The Morgan fingerprint density at radius 2 is 2.16 bits per heavy atom. The van der Waals surface area contributed by atoms with Crippen molar-refractivity contribution in [3.05, 3.63) is 28.9 Å². The van der Waals surface area contributed by atoms with E-state index in [1.807, 2.05) is 0 Å². The maximum absolute atomic E-state index is 11.8. The monoisotopic (exact) mass is 283 g/mol. The van der Waals surface area contributed by atoms with E-state index >= 15 is 0 Å². The SMILES string of the molecule is COC(=O)c1cn(CCO)c2cc(Cl)c(OC)cc12. The van der Waals surface area contributed by atoms with E-state index in [1.54, 1.807) is 22.9 Å². The van der Waals surface area contributed by atoms with Crippen molar-refractivity contribution in [2.45, 2.75) is 6.54 Å². The predicted molar refractivity (Wildman–Crippen MR) is 71.9 cm³/mol. The van der Waals surface area contributed by atoms with Crippen LogP contribution in [0.4, 0.5) is 0 Å². The summed E-state index contributed by atoms with van der Waals surface area (Å²) >= 11 is 6.08. The lowest BCUT2D eigenvalue weighted by Crippen LogP contribution is -2.02. The van der Waals surface area contributed by atoms with Gasteiger partial charge in [-0.15, -0.1) is 0 Å². The highest BCUT2D eigenvalue weighted by Gasteiger charge is 2.17. The maximum Gasteiger partial charge on any atom is 0.340 e. The fourth-order valence-electron chi connectivity index (χ4n) is 2.01. The Morgan fingerprint density at radius 3 is 2.74 bits per heavy atom. The molecule has 0 aliphatic carbocycles. The minimum absolute atomic E-state index is 0.0337. The van der Waals surface area contributed by atoms with Crippen molar-refractivity contribution in [1.82, 2.24) is 4.57 Å². The van der Waals surface area contributed by atoms with Crippen LogP contribution in [0.15, 0.2) is 18.3 Å². The summed E-state index contributed by atoms with van der Waals surface area (Å²) in [5, 5.41) is 10.2. The zero-order valence-electron chi connectivity index (χ0n) is 10.6. The Kier molecular flexibility index (Phi) is 3.97. The van der Waals surface area contributed by atoms with Gasteiger partial charge in [-0.25, -0.2) is 4.79 Å². The summed E-state index contributed by atoms with van der Waals surface area (Å²) in [7, 11) is 2.83. The Hall–Kier alpha value is -1.72.